The van der Waals surface area contributed by atoms with Crippen molar-refractivity contribution in [3.05, 3.63) is 35.4 Å². The Hall–Kier alpha value is -1.39. The lowest BCUT2D eigenvalue weighted by Gasteiger charge is -2.24. The van der Waals surface area contributed by atoms with Gasteiger partial charge in [-0.15, -0.1) is 0 Å². The first-order valence-electron chi connectivity index (χ1n) is 8.62. The molecule has 0 fully saturated rings. The Morgan fingerprint density at radius 1 is 1.26 bits per heavy atom. The fraction of sp³-hybridized carbons (Fsp3) is 0.632. The van der Waals surface area contributed by atoms with Crippen molar-refractivity contribution in [2.45, 2.75) is 58.6 Å². The first kappa shape index (κ1) is 19.7. The molecule has 0 saturated heterocycles. The van der Waals surface area contributed by atoms with Crippen LogP contribution in [0.15, 0.2) is 24.3 Å². The van der Waals surface area contributed by atoms with Crippen molar-refractivity contribution in [1.82, 2.24) is 5.32 Å². The fourth-order valence-corrected chi connectivity index (χ4v) is 2.61. The van der Waals surface area contributed by atoms with Gasteiger partial charge in [0.1, 0.15) is 0 Å². The van der Waals surface area contributed by atoms with Crippen molar-refractivity contribution in [2.24, 2.45) is 11.7 Å². The first-order chi connectivity index (χ1) is 11.0. The molecular formula is C19H32N2O2. The number of aryl methyl sites for hydroxylation is 1. The number of hydrogen-bond donors (Lipinski definition) is 2. The number of benzene rings is 1. The van der Waals surface area contributed by atoms with Gasteiger partial charge in [0.15, 0.2) is 0 Å². The highest BCUT2D eigenvalue weighted by Gasteiger charge is 2.20. The molecule has 0 radical (unpaired) electrons. The molecule has 2 atom stereocenters. The van der Waals surface area contributed by atoms with Crippen molar-refractivity contribution in [2.75, 3.05) is 13.7 Å². The molecule has 0 aromatic heterocycles. The van der Waals surface area contributed by atoms with Crippen molar-refractivity contribution in [3.63, 3.8) is 0 Å². The summed E-state index contributed by atoms with van der Waals surface area (Å²) in [6.07, 6.45) is 3.60. The van der Waals surface area contributed by atoms with Crippen LogP contribution in [0.25, 0.3) is 0 Å². The minimum absolute atomic E-state index is 0.0120. The maximum atomic E-state index is 12.2. The van der Waals surface area contributed by atoms with E-state index in [1.807, 2.05) is 0 Å². The monoisotopic (exact) mass is 320 g/mol. The van der Waals surface area contributed by atoms with E-state index in [-0.39, 0.29) is 18.1 Å². The average molecular weight is 320 g/mol. The van der Waals surface area contributed by atoms with Crippen LogP contribution in [-0.2, 0) is 16.0 Å². The standard InChI is InChI=1S/C19H32N2O2/c1-5-6-7-15-8-10-16(11-9-15)19(14(2)3)21-18(22)12-17(13-20)23-4/h8-11,14,17,19H,5-7,12-13,20H2,1-4H3,(H,21,22). The number of ether oxygens (including phenoxy) is 1. The Balaban J connectivity index is 2.72. The highest BCUT2D eigenvalue weighted by atomic mass is 16.5. The topological polar surface area (TPSA) is 64.4 Å². The van der Waals surface area contributed by atoms with Gasteiger partial charge in [-0.05, 0) is 29.9 Å². The van der Waals surface area contributed by atoms with Crippen LogP contribution in [0.5, 0.6) is 0 Å². The zero-order valence-corrected chi connectivity index (χ0v) is 15.0. The number of nitrogens with two attached hydrogens (primary N) is 1. The van der Waals surface area contributed by atoms with Crippen LogP contribution in [0.2, 0.25) is 0 Å². The second-order valence-electron chi connectivity index (χ2n) is 6.43. The molecule has 0 spiro atoms. The van der Waals surface area contributed by atoms with E-state index >= 15 is 0 Å². The third-order valence-corrected chi connectivity index (χ3v) is 4.15. The number of carbonyl (C=O) groups excluding carboxylic acids is 1. The van der Waals surface area contributed by atoms with Gasteiger partial charge in [-0.25, -0.2) is 0 Å². The number of methoxy groups -OCH3 is 1. The molecule has 0 heterocycles. The molecule has 2 unspecified atom stereocenters. The van der Waals surface area contributed by atoms with Gasteiger partial charge < -0.3 is 15.8 Å². The molecule has 4 heteroatoms. The summed E-state index contributed by atoms with van der Waals surface area (Å²) >= 11 is 0. The summed E-state index contributed by atoms with van der Waals surface area (Å²) in [5.74, 6) is 0.301. The predicted molar refractivity (Wildman–Crippen MR) is 95.2 cm³/mol. The Morgan fingerprint density at radius 3 is 2.39 bits per heavy atom. The van der Waals surface area contributed by atoms with E-state index in [0.29, 0.717) is 18.9 Å². The van der Waals surface area contributed by atoms with E-state index in [1.54, 1.807) is 7.11 Å². The lowest BCUT2D eigenvalue weighted by atomic mass is 9.94. The van der Waals surface area contributed by atoms with Crippen LogP contribution in [0.1, 0.15) is 57.2 Å². The summed E-state index contributed by atoms with van der Waals surface area (Å²) in [4.78, 5) is 12.2. The van der Waals surface area contributed by atoms with E-state index in [1.165, 1.54) is 18.4 Å². The smallest absolute Gasteiger partial charge is 0.223 e. The molecule has 1 amide bonds. The van der Waals surface area contributed by atoms with Gasteiger partial charge in [0.05, 0.1) is 18.6 Å². The van der Waals surface area contributed by atoms with E-state index in [2.05, 4.69) is 50.4 Å². The molecule has 0 bridgehead atoms. The highest BCUT2D eigenvalue weighted by Crippen LogP contribution is 2.23. The number of rotatable bonds is 10. The maximum absolute atomic E-state index is 12.2. The molecule has 0 saturated carbocycles. The Kier molecular flexibility index (Phi) is 8.89. The lowest BCUT2D eigenvalue weighted by molar-refractivity contribution is -0.124. The number of carbonyl (C=O) groups is 1. The highest BCUT2D eigenvalue weighted by molar-refractivity contribution is 5.77. The molecule has 4 nitrogen and oxygen atoms in total. The molecule has 0 aliphatic rings. The molecule has 130 valence electrons. The molecular weight excluding hydrogens is 288 g/mol. The van der Waals surface area contributed by atoms with Gasteiger partial charge in [-0.3, -0.25) is 4.79 Å². The van der Waals surface area contributed by atoms with Crippen molar-refractivity contribution in [3.8, 4) is 0 Å². The quantitative estimate of drug-likeness (QED) is 0.696. The summed E-state index contributed by atoms with van der Waals surface area (Å²) in [7, 11) is 1.58. The first-order valence-corrected chi connectivity index (χ1v) is 8.62. The number of nitrogens with one attached hydrogen (secondary N) is 1. The average Bonchev–Trinajstić information content (AvgIpc) is 2.56. The Morgan fingerprint density at radius 2 is 1.91 bits per heavy atom. The van der Waals surface area contributed by atoms with Crippen LogP contribution in [0, 0.1) is 5.92 Å². The summed E-state index contributed by atoms with van der Waals surface area (Å²) in [5, 5.41) is 3.12. The minimum Gasteiger partial charge on any atom is -0.380 e. The van der Waals surface area contributed by atoms with Gasteiger partial charge in [-0.1, -0.05) is 51.5 Å². The molecule has 3 N–H and O–H groups in total. The van der Waals surface area contributed by atoms with Gasteiger partial charge in [0.2, 0.25) is 5.91 Å². The minimum atomic E-state index is -0.223. The van der Waals surface area contributed by atoms with Gasteiger partial charge in [-0.2, -0.15) is 0 Å². The van der Waals surface area contributed by atoms with E-state index in [0.717, 1.165) is 12.0 Å². The van der Waals surface area contributed by atoms with E-state index < -0.39 is 0 Å². The normalized spacial score (nSPS) is 13.8. The predicted octanol–water partition coefficient (Wildman–Crippen LogP) is 3.21. The third kappa shape index (κ3) is 6.71. The van der Waals surface area contributed by atoms with Gasteiger partial charge in [0, 0.05) is 13.7 Å². The van der Waals surface area contributed by atoms with Gasteiger partial charge in [0.25, 0.3) is 0 Å². The number of amides is 1. The second kappa shape index (κ2) is 10.4. The third-order valence-electron chi connectivity index (χ3n) is 4.15. The Labute approximate surface area is 140 Å². The maximum Gasteiger partial charge on any atom is 0.223 e. The van der Waals surface area contributed by atoms with Gasteiger partial charge >= 0.3 is 0 Å². The Bertz CT molecular complexity index is 453. The van der Waals surface area contributed by atoms with Crippen LogP contribution in [-0.4, -0.2) is 25.7 Å². The summed E-state index contributed by atoms with van der Waals surface area (Å²) in [6.45, 7) is 6.79. The molecule has 1 rings (SSSR count). The van der Waals surface area contributed by atoms with E-state index in [9.17, 15) is 4.79 Å². The molecule has 1 aromatic carbocycles. The van der Waals surface area contributed by atoms with Crippen LogP contribution >= 0.6 is 0 Å². The number of hydrogen-bond acceptors (Lipinski definition) is 3. The fourth-order valence-electron chi connectivity index (χ4n) is 2.61. The SMILES string of the molecule is CCCCc1ccc(C(NC(=O)CC(CN)OC)C(C)C)cc1. The van der Waals surface area contributed by atoms with Crippen molar-refractivity contribution in [1.29, 1.82) is 0 Å². The van der Waals surface area contributed by atoms with Crippen LogP contribution in [0.4, 0.5) is 0 Å². The van der Waals surface area contributed by atoms with Crippen molar-refractivity contribution < 1.29 is 9.53 Å². The molecule has 0 aliphatic carbocycles. The molecule has 23 heavy (non-hydrogen) atoms. The van der Waals surface area contributed by atoms with E-state index in [4.69, 9.17) is 10.5 Å². The summed E-state index contributed by atoms with van der Waals surface area (Å²) < 4.78 is 5.19. The summed E-state index contributed by atoms with van der Waals surface area (Å²) in [6, 6.07) is 8.62. The largest absolute Gasteiger partial charge is 0.380 e. The second-order valence-corrected chi connectivity index (χ2v) is 6.43. The lowest BCUT2D eigenvalue weighted by Crippen LogP contribution is -2.36. The number of unbranched alkanes of at least 4 members (excludes halogenated alkanes) is 1. The van der Waals surface area contributed by atoms with Crippen LogP contribution in [0.3, 0.4) is 0 Å². The van der Waals surface area contributed by atoms with Crippen LogP contribution < -0.4 is 11.1 Å². The zero-order chi connectivity index (χ0) is 17.2. The summed E-state index contributed by atoms with van der Waals surface area (Å²) in [5.41, 5.74) is 8.09. The van der Waals surface area contributed by atoms with Crippen molar-refractivity contribution >= 4 is 5.91 Å². The molecule has 1 aromatic rings. The zero-order valence-electron chi connectivity index (χ0n) is 15.0. The molecule has 0 aliphatic heterocycles.